The minimum Gasteiger partial charge on any atom is -0.494 e. The molecule has 2 amide bonds. The van der Waals surface area contributed by atoms with Crippen molar-refractivity contribution in [3.63, 3.8) is 0 Å². The standard InChI is InChI=1S/C20H23FN2O3/c1-14-6-4-5-7-16(14)20(25)22-11-10-19(24)23(2)13-15-8-9-18(26-3)17(21)12-15/h4-9,12H,10-11,13H2,1-3H3,(H,22,25). The number of hydrogen-bond donors (Lipinski definition) is 1. The molecule has 0 heterocycles. The largest absolute Gasteiger partial charge is 0.494 e. The van der Waals surface area contributed by atoms with Crippen molar-refractivity contribution in [1.29, 1.82) is 0 Å². The summed E-state index contributed by atoms with van der Waals surface area (Å²) < 4.78 is 18.6. The third kappa shape index (κ3) is 5.05. The van der Waals surface area contributed by atoms with E-state index in [1.54, 1.807) is 25.2 Å². The molecule has 2 aromatic rings. The van der Waals surface area contributed by atoms with Crippen LogP contribution >= 0.6 is 0 Å². The molecule has 2 rings (SSSR count). The van der Waals surface area contributed by atoms with E-state index in [0.717, 1.165) is 5.56 Å². The Morgan fingerprint density at radius 2 is 1.92 bits per heavy atom. The van der Waals surface area contributed by atoms with Crippen LogP contribution in [0.1, 0.15) is 27.9 Å². The van der Waals surface area contributed by atoms with Crippen LogP contribution in [-0.4, -0.2) is 37.4 Å². The number of halogens is 1. The van der Waals surface area contributed by atoms with Crippen LogP contribution in [0.15, 0.2) is 42.5 Å². The Morgan fingerprint density at radius 3 is 2.58 bits per heavy atom. The molecule has 2 aromatic carbocycles. The molecular formula is C20H23FN2O3. The molecule has 0 spiro atoms. The Bertz CT molecular complexity index is 792. The quantitative estimate of drug-likeness (QED) is 0.828. The minimum absolute atomic E-state index is 0.133. The Labute approximate surface area is 152 Å². The van der Waals surface area contributed by atoms with E-state index in [-0.39, 0.29) is 37.1 Å². The van der Waals surface area contributed by atoms with Crippen molar-refractivity contribution in [2.75, 3.05) is 20.7 Å². The molecule has 0 radical (unpaired) electrons. The normalized spacial score (nSPS) is 10.3. The van der Waals surface area contributed by atoms with E-state index in [9.17, 15) is 14.0 Å². The third-order valence-electron chi connectivity index (χ3n) is 4.08. The van der Waals surface area contributed by atoms with Crippen LogP contribution in [0, 0.1) is 12.7 Å². The molecule has 26 heavy (non-hydrogen) atoms. The molecule has 0 atom stereocenters. The van der Waals surface area contributed by atoms with Gasteiger partial charge in [-0.3, -0.25) is 9.59 Å². The first-order chi connectivity index (χ1) is 12.4. The average Bonchev–Trinajstić information content (AvgIpc) is 2.62. The molecule has 0 aliphatic carbocycles. The number of carbonyl (C=O) groups excluding carboxylic acids is 2. The highest BCUT2D eigenvalue weighted by Gasteiger charge is 2.13. The monoisotopic (exact) mass is 358 g/mol. The van der Waals surface area contributed by atoms with Crippen molar-refractivity contribution >= 4 is 11.8 Å². The maximum atomic E-state index is 13.7. The summed E-state index contributed by atoms with van der Waals surface area (Å²) in [5.74, 6) is -0.625. The highest BCUT2D eigenvalue weighted by molar-refractivity contribution is 5.95. The lowest BCUT2D eigenvalue weighted by molar-refractivity contribution is -0.130. The summed E-state index contributed by atoms with van der Waals surface area (Å²) in [5, 5.41) is 2.75. The number of nitrogens with zero attached hydrogens (tertiary/aromatic N) is 1. The number of amides is 2. The first kappa shape index (κ1) is 19.4. The van der Waals surface area contributed by atoms with Gasteiger partial charge in [0.2, 0.25) is 5.91 Å². The van der Waals surface area contributed by atoms with Gasteiger partial charge in [-0.2, -0.15) is 0 Å². The van der Waals surface area contributed by atoms with E-state index in [0.29, 0.717) is 11.1 Å². The summed E-state index contributed by atoms with van der Waals surface area (Å²) >= 11 is 0. The molecular weight excluding hydrogens is 335 g/mol. The molecule has 138 valence electrons. The predicted molar refractivity (Wildman–Crippen MR) is 97.6 cm³/mol. The van der Waals surface area contributed by atoms with Gasteiger partial charge in [-0.25, -0.2) is 4.39 Å². The maximum Gasteiger partial charge on any atom is 0.251 e. The van der Waals surface area contributed by atoms with Crippen LogP contribution in [0.4, 0.5) is 4.39 Å². The summed E-state index contributed by atoms with van der Waals surface area (Å²) in [6.45, 7) is 2.39. The second-order valence-electron chi connectivity index (χ2n) is 6.04. The molecule has 0 aromatic heterocycles. The van der Waals surface area contributed by atoms with Gasteiger partial charge in [-0.1, -0.05) is 24.3 Å². The second kappa shape index (κ2) is 8.99. The lowest BCUT2D eigenvalue weighted by Gasteiger charge is -2.18. The summed E-state index contributed by atoms with van der Waals surface area (Å²) in [7, 11) is 3.05. The number of methoxy groups -OCH3 is 1. The lowest BCUT2D eigenvalue weighted by atomic mass is 10.1. The molecule has 0 saturated carbocycles. The Hall–Kier alpha value is -2.89. The number of nitrogens with one attached hydrogen (secondary N) is 1. The molecule has 0 aliphatic heterocycles. The van der Waals surface area contributed by atoms with Crippen LogP contribution in [0.3, 0.4) is 0 Å². The molecule has 1 N–H and O–H groups in total. The number of ether oxygens (including phenoxy) is 1. The van der Waals surface area contributed by atoms with Crippen molar-refractivity contribution in [2.24, 2.45) is 0 Å². The molecule has 6 heteroatoms. The Balaban J connectivity index is 1.83. The van der Waals surface area contributed by atoms with E-state index in [1.807, 2.05) is 19.1 Å². The topological polar surface area (TPSA) is 58.6 Å². The lowest BCUT2D eigenvalue weighted by Crippen LogP contribution is -2.32. The summed E-state index contributed by atoms with van der Waals surface area (Å²) in [6.07, 6.45) is 0.173. The van der Waals surface area contributed by atoms with Crippen LogP contribution in [0.25, 0.3) is 0 Å². The fourth-order valence-corrected chi connectivity index (χ4v) is 2.57. The van der Waals surface area contributed by atoms with E-state index in [1.165, 1.54) is 24.1 Å². The third-order valence-corrected chi connectivity index (χ3v) is 4.08. The van der Waals surface area contributed by atoms with E-state index >= 15 is 0 Å². The molecule has 0 bridgehead atoms. The molecule has 0 unspecified atom stereocenters. The van der Waals surface area contributed by atoms with Crippen LogP contribution < -0.4 is 10.1 Å². The van der Waals surface area contributed by atoms with Gasteiger partial charge in [0.25, 0.3) is 5.91 Å². The molecule has 0 fully saturated rings. The Kier molecular flexibility index (Phi) is 6.72. The van der Waals surface area contributed by atoms with Gasteiger partial charge < -0.3 is 15.0 Å². The van der Waals surface area contributed by atoms with E-state index < -0.39 is 5.82 Å². The number of rotatable bonds is 7. The van der Waals surface area contributed by atoms with Crippen molar-refractivity contribution in [3.8, 4) is 5.75 Å². The fourth-order valence-electron chi connectivity index (χ4n) is 2.57. The maximum absolute atomic E-state index is 13.7. The zero-order valence-electron chi connectivity index (χ0n) is 15.2. The van der Waals surface area contributed by atoms with Gasteiger partial charge in [0.05, 0.1) is 7.11 Å². The zero-order valence-corrected chi connectivity index (χ0v) is 15.2. The highest BCUT2D eigenvalue weighted by atomic mass is 19.1. The van der Waals surface area contributed by atoms with Gasteiger partial charge in [0.15, 0.2) is 11.6 Å². The average molecular weight is 358 g/mol. The summed E-state index contributed by atoms with van der Waals surface area (Å²) in [6, 6.07) is 11.9. The zero-order chi connectivity index (χ0) is 19.1. The second-order valence-corrected chi connectivity index (χ2v) is 6.04. The van der Waals surface area contributed by atoms with E-state index in [2.05, 4.69) is 5.32 Å². The molecule has 0 saturated heterocycles. The first-order valence-electron chi connectivity index (χ1n) is 8.32. The SMILES string of the molecule is COc1ccc(CN(C)C(=O)CCNC(=O)c2ccccc2C)cc1F. The smallest absolute Gasteiger partial charge is 0.251 e. The Morgan fingerprint density at radius 1 is 1.19 bits per heavy atom. The van der Waals surface area contributed by atoms with Gasteiger partial charge in [0.1, 0.15) is 0 Å². The minimum atomic E-state index is -0.462. The molecule has 0 aliphatic rings. The summed E-state index contributed by atoms with van der Waals surface area (Å²) in [4.78, 5) is 25.8. The van der Waals surface area contributed by atoms with Crippen molar-refractivity contribution < 1.29 is 18.7 Å². The number of benzene rings is 2. The van der Waals surface area contributed by atoms with Crippen molar-refractivity contribution in [2.45, 2.75) is 19.9 Å². The van der Waals surface area contributed by atoms with Gasteiger partial charge in [-0.05, 0) is 36.2 Å². The molecule has 5 nitrogen and oxygen atoms in total. The number of aryl methyl sites for hydroxylation is 1. The summed E-state index contributed by atoms with van der Waals surface area (Å²) in [5.41, 5.74) is 2.15. The van der Waals surface area contributed by atoms with Crippen molar-refractivity contribution in [3.05, 3.63) is 65.0 Å². The first-order valence-corrected chi connectivity index (χ1v) is 8.32. The number of carbonyl (C=O) groups is 2. The highest BCUT2D eigenvalue weighted by Crippen LogP contribution is 2.18. The van der Waals surface area contributed by atoms with Crippen LogP contribution in [0.5, 0.6) is 5.75 Å². The van der Waals surface area contributed by atoms with Crippen LogP contribution in [0.2, 0.25) is 0 Å². The van der Waals surface area contributed by atoms with Crippen molar-refractivity contribution in [1.82, 2.24) is 10.2 Å². The van der Waals surface area contributed by atoms with Gasteiger partial charge in [-0.15, -0.1) is 0 Å². The predicted octanol–water partition coefficient (Wildman–Crippen LogP) is 2.92. The van der Waals surface area contributed by atoms with Crippen LogP contribution in [-0.2, 0) is 11.3 Å². The fraction of sp³-hybridized carbons (Fsp3) is 0.300. The van der Waals surface area contributed by atoms with Gasteiger partial charge >= 0.3 is 0 Å². The van der Waals surface area contributed by atoms with E-state index in [4.69, 9.17) is 4.74 Å². The van der Waals surface area contributed by atoms with Gasteiger partial charge in [0, 0.05) is 32.1 Å². The number of hydrogen-bond acceptors (Lipinski definition) is 3.